The van der Waals surface area contributed by atoms with Crippen LogP contribution in [0, 0.1) is 0 Å². The molecule has 1 aromatic heterocycles. The van der Waals surface area contributed by atoms with Crippen LogP contribution in [0.2, 0.25) is 5.15 Å². The van der Waals surface area contributed by atoms with Gasteiger partial charge in [-0.15, -0.1) is 10.2 Å². The first-order chi connectivity index (χ1) is 13.1. The average molecular weight is 383 g/mol. The molecule has 0 saturated carbocycles. The van der Waals surface area contributed by atoms with Gasteiger partial charge in [-0.1, -0.05) is 54.1 Å². The monoisotopic (exact) mass is 382 g/mol. The fourth-order valence-corrected chi connectivity index (χ4v) is 2.95. The number of carbonyl (C=O) groups is 1. The predicted octanol–water partition coefficient (Wildman–Crippen LogP) is 3.91. The number of nitrogens with two attached hydrogens (primary N) is 1. The molecule has 0 saturated heterocycles. The van der Waals surface area contributed by atoms with Gasteiger partial charge in [-0.05, 0) is 30.2 Å². The second kappa shape index (κ2) is 8.51. The SMILES string of the molecule is CCOc1ccc(-c2c(Cl)nnc(NCc3ccccc3)c2C(N)=O)cc1. The van der Waals surface area contributed by atoms with Crippen molar-refractivity contribution in [3.63, 3.8) is 0 Å². The van der Waals surface area contributed by atoms with E-state index in [1.165, 1.54) is 0 Å². The van der Waals surface area contributed by atoms with Gasteiger partial charge in [0.1, 0.15) is 5.75 Å². The fraction of sp³-hybridized carbons (Fsp3) is 0.150. The lowest BCUT2D eigenvalue weighted by Crippen LogP contribution is -2.18. The molecule has 27 heavy (non-hydrogen) atoms. The Kier molecular flexibility index (Phi) is 5.88. The molecule has 1 amide bonds. The summed E-state index contributed by atoms with van der Waals surface area (Å²) in [5, 5.41) is 11.2. The van der Waals surface area contributed by atoms with Crippen molar-refractivity contribution in [2.24, 2.45) is 5.73 Å². The summed E-state index contributed by atoms with van der Waals surface area (Å²) in [5.41, 5.74) is 8.02. The largest absolute Gasteiger partial charge is 0.494 e. The molecule has 3 aromatic rings. The maximum atomic E-state index is 12.2. The molecule has 3 N–H and O–H groups in total. The number of benzene rings is 2. The highest BCUT2D eigenvalue weighted by Gasteiger charge is 2.21. The van der Waals surface area contributed by atoms with Crippen LogP contribution in [0.3, 0.4) is 0 Å². The van der Waals surface area contributed by atoms with Gasteiger partial charge < -0.3 is 15.8 Å². The number of hydrogen-bond donors (Lipinski definition) is 2. The van der Waals surface area contributed by atoms with Gasteiger partial charge in [0.25, 0.3) is 5.91 Å². The minimum absolute atomic E-state index is 0.109. The minimum Gasteiger partial charge on any atom is -0.494 e. The van der Waals surface area contributed by atoms with Gasteiger partial charge in [0.05, 0.1) is 12.2 Å². The summed E-state index contributed by atoms with van der Waals surface area (Å²) in [5.74, 6) is 0.383. The number of hydrogen-bond acceptors (Lipinski definition) is 5. The minimum atomic E-state index is -0.633. The summed E-state index contributed by atoms with van der Waals surface area (Å²) < 4.78 is 5.45. The first-order valence-electron chi connectivity index (χ1n) is 8.47. The molecule has 0 fully saturated rings. The summed E-state index contributed by atoms with van der Waals surface area (Å²) >= 11 is 6.26. The molecule has 2 aromatic carbocycles. The van der Waals surface area contributed by atoms with Crippen molar-refractivity contribution in [3.05, 3.63) is 70.9 Å². The van der Waals surface area contributed by atoms with Crippen molar-refractivity contribution >= 4 is 23.3 Å². The maximum absolute atomic E-state index is 12.2. The van der Waals surface area contributed by atoms with E-state index in [0.717, 1.165) is 11.3 Å². The third kappa shape index (κ3) is 4.35. The Balaban J connectivity index is 1.98. The molecule has 0 atom stereocenters. The van der Waals surface area contributed by atoms with E-state index in [1.54, 1.807) is 24.3 Å². The molecular formula is C20H19ClN4O2. The topological polar surface area (TPSA) is 90.1 Å². The van der Waals surface area contributed by atoms with E-state index in [2.05, 4.69) is 15.5 Å². The van der Waals surface area contributed by atoms with E-state index in [1.807, 2.05) is 37.3 Å². The van der Waals surface area contributed by atoms with E-state index >= 15 is 0 Å². The highest BCUT2D eigenvalue weighted by molar-refractivity contribution is 6.33. The normalized spacial score (nSPS) is 10.4. The molecule has 0 aliphatic rings. The number of ether oxygens (including phenoxy) is 1. The molecular weight excluding hydrogens is 364 g/mol. The molecule has 0 radical (unpaired) electrons. The molecule has 0 aliphatic carbocycles. The van der Waals surface area contributed by atoms with Gasteiger partial charge in [-0.3, -0.25) is 4.79 Å². The number of amides is 1. The van der Waals surface area contributed by atoms with Gasteiger partial charge in [-0.2, -0.15) is 0 Å². The molecule has 0 unspecified atom stereocenters. The Morgan fingerprint density at radius 1 is 1.11 bits per heavy atom. The summed E-state index contributed by atoms with van der Waals surface area (Å²) in [7, 11) is 0. The Hall–Kier alpha value is -3.12. The Labute approximate surface area is 162 Å². The van der Waals surface area contributed by atoms with E-state index in [4.69, 9.17) is 22.1 Å². The lowest BCUT2D eigenvalue weighted by atomic mass is 10.0. The number of nitrogens with zero attached hydrogens (tertiary/aromatic N) is 2. The lowest BCUT2D eigenvalue weighted by molar-refractivity contribution is 0.100. The Morgan fingerprint density at radius 2 is 1.81 bits per heavy atom. The molecule has 6 nitrogen and oxygen atoms in total. The highest BCUT2D eigenvalue weighted by atomic mass is 35.5. The zero-order chi connectivity index (χ0) is 19.2. The predicted molar refractivity (Wildman–Crippen MR) is 106 cm³/mol. The first kappa shape index (κ1) is 18.7. The van der Waals surface area contributed by atoms with Crippen molar-refractivity contribution < 1.29 is 9.53 Å². The van der Waals surface area contributed by atoms with Crippen LogP contribution < -0.4 is 15.8 Å². The average Bonchev–Trinajstić information content (AvgIpc) is 2.68. The third-order valence-electron chi connectivity index (χ3n) is 3.93. The number of halogens is 1. The van der Waals surface area contributed by atoms with Crippen molar-refractivity contribution in [2.75, 3.05) is 11.9 Å². The third-order valence-corrected chi connectivity index (χ3v) is 4.20. The van der Waals surface area contributed by atoms with E-state index in [0.29, 0.717) is 30.1 Å². The van der Waals surface area contributed by atoms with Crippen molar-refractivity contribution in [2.45, 2.75) is 13.5 Å². The molecule has 138 valence electrons. The number of aromatic nitrogens is 2. The standard InChI is InChI=1S/C20H19ClN4O2/c1-2-27-15-10-8-14(9-11-15)16-17(19(22)26)20(25-24-18(16)21)23-12-13-6-4-3-5-7-13/h3-11H,2,12H2,1H3,(H2,22,26)(H,23,25). The molecule has 0 bridgehead atoms. The lowest BCUT2D eigenvalue weighted by Gasteiger charge is -2.14. The van der Waals surface area contributed by atoms with Crippen LogP contribution >= 0.6 is 11.6 Å². The Bertz CT molecular complexity index is 931. The van der Waals surface area contributed by atoms with Gasteiger partial charge >= 0.3 is 0 Å². The number of carbonyl (C=O) groups excluding carboxylic acids is 1. The number of anilines is 1. The van der Waals surface area contributed by atoms with E-state index in [9.17, 15) is 4.79 Å². The van der Waals surface area contributed by atoms with Gasteiger partial charge in [0.2, 0.25) is 0 Å². The number of primary amides is 1. The fourth-order valence-electron chi connectivity index (χ4n) is 2.71. The quantitative estimate of drug-likeness (QED) is 0.646. The summed E-state index contributed by atoms with van der Waals surface area (Å²) in [6.07, 6.45) is 0. The molecule has 0 aliphatic heterocycles. The van der Waals surface area contributed by atoms with Crippen molar-refractivity contribution in [1.82, 2.24) is 10.2 Å². The van der Waals surface area contributed by atoms with Crippen molar-refractivity contribution in [1.29, 1.82) is 0 Å². The van der Waals surface area contributed by atoms with Gasteiger partial charge in [-0.25, -0.2) is 0 Å². The van der Waals surface area contributed by atoms with Crippen LogP contribution in [0.4, 0.5) is 5.82 Å². The first-order valence-corrected chi connectivity index (χ1v) is 8.85. The van der Waals surface area contributed by atoms with E-state index < -0.39 is 5.91 Å². The van der Waals surface area contributed by atoms with E-state index in [-0.39, 0.29) is 10.7 Å². The second-order valence-corrected chi connectivity index (χ2v) is 6.11. The molecule has 1 heterocycles. The van der Waals surface area contributed by atoms with Crippen LogP contribution in [0.15, 0.2) is 54.6 Å². The summed E-state index contributed by atoms with van der Waals surface area (Å²) in [6.45, 7) is 2.95. The van der Waals surface area contributed by atoms with Gasteiger partial charge in [0, 0.05) is 12.1 Å². The number of nitrogens with one attached hydrogen (secondary N) is 1. The van der Waals surface area contributed by atoms with Crippen molar-refractivity contribution in [3.8, 4) is 16.9 Å². The maximum Gasteiger partial charge on any atom is 0.253 e. The van der Waals surface area contributed by atoms with Crippen LogP contribution in [0.25, 0.3) is 11.1 Å². The Morgan fingerprint density at radius 3 is 2.44 bits per heavy atom. The molecule has 0 spiro atoms. The second-order valence-electron chi connectivity index (χ2n) is 5.75. The zero-order valence-corrected chi connectivity index (χ0v) is 15.5. The van der Waals surface area contributed by atoms with Gasteiger partial charge in [0.15, 0.2) is 11.0 Å². The highest BCUT2D eigenvalue weighted by Crippen LogP contribution is 2.33. The van der Waals surface area contributed by atoms with Crippen LogP contribution in [0.5, 0.6) is 5.75 Å². The van der Waals surface area contributed by atoms with Crippen LogP contribution in [-0.2, 0) is 6.54 Å². The molecule has 7 heteroatoms. The summed E-state index contributed by atoms with van der Waals surface area (Å²) in [4.78, 5) is 12.2. The molecule has 3 rings (SSSR count). The zero-order valence-electron chi connectivity index (χ0n) is 14.8. The van der Waals surface area contributed by atoms with Crippen LogP contribution in [-0.4, -0.2) is 22.7 Å². The smallest absolute Gasteiger partial charge is 0.253 e. The summed E-state index contributed by atoms with van der Waals surface area (Å²) in [6, 6.07) is 17.0. The number of rotatable bonds is 7. The van der Waals surface area contributed by atoms with Crippen LogP contribution in [0.1, 0.15) is 22.8 Å².